The van der Waals surface area contributed by atoms with Gasteiger partial charge >= 0.3 is 17.9 Å². The summed E-state index contributed by atoms with van der Waals surface area (Å²) in [4.78, 5) is 177. The minimum atomic E-state index is -2.01. The van der Waals surface area contributed by atoms with E-state index in [2.05, 4.69) is 42.5 Å². The predicted molar refractivity (Wildman–Crippen MR) is 230 cm³/mol. The maximum atomic E-state index is 13.8. The molecule has 69 heavy (non-hydrogen) atoms. The fraction of sp³-hybridized carbons (Fsp3) is 0.641. The standard InChI is InChI=1S/C39H61N11O19/c1-15(31(41)61)42-37(67)30(18(4)52)49-36(66)24-7-6-12-50(24)39(69)23(14-28(59)60)48-34(64)21(9-11-26(55)56)45-32(62)16(2)43-35(65)22(13-27(57)58)47-33(63)20(8-10-25(40)54)46-38(68)29(17(3)51)44-19(5)53/h15-18,20-24,29-30,51-52H,6-14H2,1-5H3,(H2,40,54)(H2,41,61)(H,42,67)(H,43,65)(H,44,53)(H,45,62)(H,46,68)(H,47,63)(H,48,64)(H,49,66)(H,55,56)(H,57,58)(H,59,60)/t15-,16-,17+,18+,20-,21-,22-,23-,24-,29-,30-/m0/s1. The van der Waals surface area contributed by atoms with Crippen LogP contribution in [0.2, 0.25) is 0 Å². The van der Waals surface area contributed by atoms with E-state index in [-0.39, 0.29) is 19.4 Å². The summed E-state index contributed by atoms with van der Waals surface area (Å²) in [6, 6.07) is -15.1. The SMILES string of the molecule is CC(=O)N[C@H](C(=O)N[C@@H](CCC(N)=O)C(=O)N[C@@H](CC(=O)O)C(=O)N[C@@H](C)C(=O)N[C@@H](CCC(=O)O)C(=O)N[C@@H](CC(=O)O)C(=O)N1CCC[C@H]1C(=O)N[C@H](C(=O)N[C@@H](C)C(N)=O)[C@@H](C)O)[C@@H](C)O. The fourth-order valence-electron chi connectivity index (χ4n) is 6.49. The van der Waals surface area contributed by atoms with Gasteiger partial charge in [0.1, 0.15) is 54.4 Å². The molecule has 11 atom stereocenters. The molecule has 0 spiro atoms. The number of primary amides is 2. The molecule has 11 amide bonds. The average molecular weight is 988 g/mol. The number of nitrogens with two attached hydrogens (primary N) is 2. The first-order valence-electron chi connectivity index (χ1n) is 21.3. The Morgan fingerprint density at radius 3 is 1.45 bits per heavy atom. The number of carbonyl (C=O) groups excluding carboxylic acids is 11. The van der Waals surface area contributed by atoms with Crippen LogP contribution >= 0.6 is 0 Å². The zero-order chi connectivity index (χ0) is 53.0. The van der Waals surface area contributed by atoms with E-state index >= 15 is 0 Å². The largest absolute Gasteiger partial charge is 0.481 e. The lowest BCUT2D eigenvalue weighted by Crippen LogP contribution is -2.61. The molecule has 1 fully saturated rings. The van der Waals surface area contributed by atoms with Gasteiger partial charge < -0.3 is 84.4 Å². The van der Waals surface area contributed by atoms with Crippen molar-refractivity contribution < 1.29 is 92.7 Å². The quantitative estimate of drug-likeness (QED) is 0.0331. The minimum Gasteiger partial charge on any atom is -0.481 e. The molecule has 0 aromatic heterocycles. The molecule has 0 aromatic carbocycles. The lowest BCUT2D eigenvalue weighted by atomic mass is 10.1. The Balaban J connectivity index is 3.33. The molecule has 1 aliphatic rings. The van der Waals surface area contributed by atoms with Crippen LogP contribution in [-0.2, 0) is 67.1 Å². The number of nitrogens with zero attached hydrogens (tertiary/aromatic N) is 1. The number of carbonyl (C=O) groups is 14. The molecule has 0 aliphatic carbocycles. The number of aliphatic hydroxyl groups is 2. The molecule has 30 heteroatoms. The lowest BCUT2D eigenvalue weighted by molar-refractivity contribution is -0.146. The van der Waals surface area contributed by atoms with Crippen molar-refractivity contribution in [3.63, 3.8) is 0 Å². The van der Waals surface area contributed by atoms with Crippen LogP contribution in [0, 0.1) is 0 Å². The van der Waals surface area contributed by atoms with Crippen LogP contribution in [-0.4, -0.2) is 186 Å². The number of hydrogen-bond donors (Lipinski definition) is 15. The van der Waals surface area contributed by atoms with E-state index in [1.54, 1.807) is 0 Å². The Labute approximate surface area is 393 Å². The number of aliphatic carboxylic acids is 3. The molecule has 1 saturated heterocycles. The molecule has 0 unspecified atom stereocenters. The summed E-state index contributed by atoms with van der Waals surface area (Å²) in [5.74, 6) is -16.8. The van der Waals surface area contributed by atoms with Crippen LogP contribution in [0.1, 0.15) is 86.0 Å². The van der Waals surface area contributed by atoms with Crippen LogP contribution in [0.25, 0.3) is 0 Å². The fourth-order valence-corrected chi connectivity index (χ4v) is 6.49. The molecule has 0 saturated carbocycles. The van der Waals surface area contributed by atoms with Crippen molar-refractivity contribution in [2.45, 2.75) is 153 Å². The van der Waals surface area contributed by atoms with Gasteiger partial charge in [-0.15, -0.1) is 0 Å². The monoisotopic (exact) mass is 987 g/mol. The van der Waals surface area contributed by atoms with E-state index in [9.17, 15) is 92.7 Å². The second-order valence-corrected chi connectivity index (χ2v) is 16.1. The third kappa shape index (κ3) is 20.5. The molecule has 0 aromatic rings. The summed E-state index contributed by atoms with van der Waals surface area (Å²) in [5, 5.41) is 66.0. The molecular weight excluding hydrogens is 926 g/mol. The number of carboxylic acid groups (broad SMARTS) is 3. The van der Waals surface area contributed by atoms with Gasteiger partial charge in [0.2, 0.25) is 65.0 Å². The topological polar surface area (TPSA) is 492 Å². The van der Waals surface area contributed by atoms with Crippen LogP contribution in [0.3, 0.4) is 0 Å². The Morgan fingerprint density at radius 2 is 0.971 bits per heavy atom. The second kappa shape index (κ2) is 28.0. The summed E-state index contributed by atoms with van der Waals surface area (Å²) >= 11 is 0. The zero-order valence-electron chi connectivity index (χ0n) is 38.3. The van der Waals surface area contributed by atoms with Gasteiger partial charge in [-0.25, -0.2) is 0 Å². The molecule has 386 valence electrons. The van der Waals surface area contributed by atoms with Gasteiger partial charge in [-0.2, -0.15) is 0 Å². The third-order valence-electron chi connectivity index (χ3n) is 10.2. The van der Waals surface area contributed by atoms with Gasteiger partial charge in [-0.1, -0.05) is 0 Å². The average Bonchev–Trinajstić information content (AvgIpc) is 3.73. The van der Waals surface area contributed by atoms with Gasteiger partial charge in [0.05, 0.1) is 25.0 Å². The Bertz CT molecular complexity index is 1980. The highest BCUT2D eigenvalue weighted by atomic mass is 16.4. The summed E-state index contributed by atoms with van der Waals surface area (Å²) in [6.07, 6.45) is -7.69. The maximum absolute atomic E-state index is 13.8. The molecule has 30 nitrogen and oxygen atoms in total. The van der Waals surface area contributed by atoms with Gasteiger partial charge in [0.25, 0.3) is 0 Å². The molecule has 17 N–H and O–H groups in total. The summed E-state index contributed by atoms with van der Waals surface area (Å²) in [7, 11) is 0. The van der Waals surface area contributed by atoms with E-state index in [0.29, 0.717) is 0 Å². The highest BCUT2D eigenvalue weighted by molar-refractivity contribution is 6.00. The Kier molecular flexibility index (Phi) is 24.1. The first kappa shape index (κ1) is 59.5. The molecule has 1 heterocycles. The molecule has 1 rings (SSSR count). The number of aliphatic hydroxyl groups excluding tert-OH is 2. The van der Waals surface area contributed by atoms with Crippen molar-refractivity contribution in [2.24, 2.45) is 11.5 Å². The van der Waals surface area contributed by atoms with E-state index in [1.807, 2.05) is 0 Å². The number of carboxylic acids is 3. The zero-order valence-corrected chi connectivity index (χ0v) is 38.3. The Hall–Kier alpha value is -7.50. The van der Waals surface area contributed by atoms with Crippen LogP contribution in [0.4, 0.5) is 0 Å². The first-order valence-corrected chi connectivity index (χ1v) is 21.3. The maximum Gasteiger partial charge on any atom is 0.305 e. The van der Waals surface area contributed by atoms with E-state index < -0.39 is 188 Å². The van der Waals surface area contributed by atoms with E-state index in [0.717, 1.165) is 32.6 Å². The summed E-state index contributed by atoms with van der Waals surface area (Å²) in [5.41, 5.74) is 10.3. The number of rotatable bonds is 29. The van der Waals surface area contributed by atoms with Crippen molar-refractivity contribution in [3.05, 3.63) is 0 Å². The van der Waals surface area contributed by atoms with Crippen molar-refractivity contribution in [2.75, 3.05) is 6.54 Å². The van der Waals surface area contributed by atoms with E-state index in [4.69, 9.17) is 11.5 Å². The van der Waals surface area contributed by atoms with Gasteiger partial charge in [-0.3, -0.25) is 67.1 Å². The predicted octanol–water partition coefficient (Wildman–Crippen LogP) is -7.76. The van der Waals surface area contributed by atoms with Crippen molar-refractivity contribution in [1.82, 2.24) is 47.4 Å². The van der Waals surface area contributed by atoms with Crippen molar-refractivity contribution in [1.29, 1.82) is 0 Å². The van der Waals surface area contributed by atoms with E-state index in [1.165, 1.54) is 6.92 Å². The number of nitrogens with one attached hydrogen (secondary N) is 8. The molecule has 0 bridgehead atoms. The molecule has 1 aliphatic heterocycles. The van der Waals surface area contributed by atoms with Gasteiger partial charge in [-0.05, 0) is 53.4 Å². The number of amides is 11. The van der Waals surface area contributed by atoms with Gasteiger partial charge in [0, 0.05) is 26.3 Å². The number of hydrogen-bond acceptors (Lipinski definition) is 16. The lowest BCUT2D eigenvalue weighted by Gasteiger charge is -2.31. The number of likely N-dealkylation sites (tertiary alicyclic amines) is 1. The minimum absolute atomic E-state index is 0.0359. The Morgan fingerprint density at radius 1 is 0.536 bits per heavy atom. The van der Waals surface area contributed by atoms with Crippen molar-refractivity contribution >= 4 is 82.9 Å². The summed E-state index contributed by atoms with van der Waals surface area (Å²) < 4.78 is 0. The first-order chi connectivity index (χ1) is 32.0. The molecular formula is C39H61N11O19. The molecule has 0 radical (unpaired) electrons. The van der Waals surface area contributed by atoms with Crippen LogP contribution < -0.4 is 54.0 Å². The van der Waals surface area contributed by atoms with Crippen molar-refractivity contribution in [3.8, 4) is 0 Å². The summed E-state index contributed by atoms with van der Waals surface area (Å²) in [6.45, 7) is 5.40. The highest BCUT2D eigenvalue weighted by Gasteiger charge is 2.41. The smallest absolute Gasteiger partial charge is 0.305 e. The van der Waals surface area contributed by atoms with Crippen LogP contribution in [0.15, 0.2) is 0 Å². The highest BCUT2D eigenvalue weighted by Crippen LogP contribution is 2.20. The third-order valence-corrected chi connectivity index (χ3v) is 10.2. The van der Waals surface area contributed by atoms with Gasteiger partial charge in [0.15, 0.2) is 0 Å². The van der Waals surface area contributed by atoms with Crippen LogP contribution in [0.5, 0.6) is 0 Å². The normalized spacial score (nSPS) is 17.4. The second-order valence-electron chi connectivity index (χ2n) is 16.1.